The van der Waals surface area contributed by atoms with Gasteiger partial charge in [-0.25, -0.2) is 0 Å². The Labute approximate surface area is 123 Å². The Hall–Kier alpha value is -1.91. The van der Waals surface area contributed by atoms with Crippen LogP contribution in [0.1, 0.15) is 11.1 Å². The van der Waals surface area contributed by atoms with Crippen molar-refractivity contribution in [1.29, 1.82) is 0 Å². The van der Waals surface area contributed by atoms with Gasteiger partial charge in [0.25, 0.3) is 0 Å². The van der Waals surface area contributed by atoms with Crippen LogP contribution in [0.5, 0.6) is 5.75 Å². The second kappa shape index (κ2) is 7.03. The second-order valence-corrected chi connectivity index (χ2v) is 4.61. The maximum absolute atomic E-state index is 9.64. The summed E-state index contributed by atoms with van der Waals surface area (Å²) in [6.45, 7) is 0. The number of methoxy groups -OCH3 is 2. The van der Waals surface area contributed by atoms with Gasteiger partial charge in [-0.1, -0.05) is 42.5 Å². The molecule has 1 N–H and O–H groups in total. The highest BCUT2D eigenvalue weighted by molar-refractivity contribution is 8.03. The fraction of sp³-hybridized carbons (Fsp3) is 0.125. The fourth-order valence-corrected chi connectivity index (χ4v) is 2.49. The smallest absolute Gasteiger partial charge is 0.146 e. The van der Waals surface area contributed by atoms with E-state index in [1.54, 1.807) is 14.2 Å². The summed E-state index contributed by atoms with van der Waals surface area (Å²) in [5.41, 5.74) is 1.70. The molecule has 2 rings (SSSR count). The molecule has 0 aromatic heterocycles. The van der Waals surface area contributed by atoms with E-state index in [1.165, 1.54) is 0 Å². The Morgan fingerprint density at radius 2 is 1.60 bits per heavy atom. The van der Waals surface area contributed by atoms with E-state index >= 15 is 0 Å². The molecule has 2 aromatic rings. The second-order valence-electron chi connectivity index (χ2n) is 4.02. The van der Waals surface area contributed by atoms with Crippen molar-refractivity contribution >= 4 is 22.7 Å². The van der Waals surface area contributed by atoms with E-state index in [4.69, 9.17) is 9.47 Å². The van der Waals surface area contributed by atoms with Crippen molar-refractivity contribution in [3.8, 4) is 5.75 Å². The molecule has 0 heterocycles. The molecule has 0 fully saturated rings. The number of ether oxygens (including phenoxy) is 2. The lowest BCUT2D eigenvalue weighted by Gasteiger charge is -2.15. The molecule has 2 aromatic carbocycles. The van der Waals surface area contributed by atoms with Crippen molar-refractivity contribution in [2.24, 2.45) is 0 Å². The summed E-state index contributed by atoms with van der Waals surface area (Å²) in [5, 5.41) is 0. The maximum atomic E-state index is 9.64. The fourth-order valence-electron chi connectivity index (χ4n) is 1.97. The first-order valence-corrected chi connectivity index (χ1v) is 6.87. The summed E-state index contributed by atoms with van der Waals surface area (Å²) >= 11 is 0.669. The third-order valence-corrected chi connectivity index (χ3v) is 3.49. The van der Waals surface area contributed by atoms with Gasteiger partial charge in [0.15, 0.2) is 0 Å². The van der Waals surface area contributed by atoms with Gasteiger partial charge in [-0.3, -0.25) is 0 Å². The van der Waals surface area contributed by atoms with Crippen LogP contribution in [0, 0.1) is 0 Å². The SMILES string of the molecule is COC(=C(SO)c1ccccc1)c1ccccc1OC. The number of rotatable bonds is 5. The maximum Gasteiger partial charge on any atom is 0.146 e. The first kappa shape index (κ1) is 14.5. The molecule has 0 saturated heterocycles. The highest BCUT2D eigenvalue weighted by Gasteiger charge is 2.16. The summed E-state index contributed by atoms with van der Waals surface area (Å²) in [7, 11) is 3.20. The lowest BCUT2D eigenvalue weighted by Crippen LogP contribution is -1.96. The minimum atomic E-state index is 0.584. The van der Waals surface area contributed by atoms with Crippen molar-refractivity contribution in [3.63, 3.8) is 0 Å². The molecule has 0 bridgehead atoms. The Morgan fingerprint density at radius 1 is 0.950 bits per heavy atom. The van der Waals surface area contributed by atoms with Crippen molar-refractivity contribution in [3.05, 3.63) is 65.7 Å². The Balaban J connectivity index is 2.61. The van der Waals surface area contributed by atoms with E-state index in [0.717, 1.165) is 11.1 Å². The number of benzene rings is 2. The molecule has 0 aliphatic heterocycles. The van der Waals surface area contributed by atoms with Crippen LogP contribution in [0.3, 0.4) is 0 Å². The predicted molar refractivity (Wildman–Crippen MR) is 83.5 cm³/mol. The lowest BCUT2D eigenvalue weighted by atomic mass is 10.1. The van der Waals surface area contributed by atoms with Crippen LogP contribution in [0.4, 0.5) is 0 Å². The highest BCUT2D eigenvalue weighted by atomic mass is 32.2. The Bertz CT molecular complexity index is 594. The summed E-state index contributed by atoms with van der Waals surface area (Å²) in [4.78, 5) is 0.651. The minimum Gasteiger partial charge on any atom is -0.496 e. The van der Waals surface area contributed by atoms with Crippen LogP contribution in [0.15, 0.2) is 54.6 Å². The van der Waals surface area contributed by atoms with Crippen LogP contribution in [0.25, 0.3) is 10.7 Å². The zero-order valence-electron chi connectivity index (χ0n) is 11.4. The molecule has 0 aliphatic rings. The van der Waals surface area contributed by atoms with Crippen LogP contribution in [-0.4, -0.2) is 18.8 Å². The van der Waals surface area contributed by atoms with Crippen molar-refractivity contribution in [2.45, 2.75) is 0 Å². The quantitative estimate of drug-likeness (QED) is 0.503. The Kier molecular flexibility index (Phi) is 5.09. The molecule has 0 unspecified atom stereocenters. The topological polar surface area (TPSA) is 38.7 Å². The largest absolute Gasteiger partial charge is 0.496 e. The van der Waals surface area contributed by atoms with E-state index in [1.807, 2.05) is 54.6 Å². The van der Waals surface area contributed by atoms with Crippen LogP contribution in [-0.2, 0) is 4.74 Å². The van der Waals surface area contributed by atoms with E-state index in [-0.39, 0.29) is 0 Å². The van der Waals surface area contributed by atoms with E-state index in [9.17, 15) is 4.55 Å². The molecule has 0 atom stereocenters. The van der Waals surface area contributed by atoms with Gasteiger partial charge in [0.1, 0.15) is 11.5 Å². The zero-order valence-corrected chi connectivity index (χ0v) is 12.2. The molecule has 0 amide bonds. The van der Waals surface area contributed by atoms with Crippen LogP contribution in [0.2, 0.25) is 0 Å². The molecule has 104 valence electrons. The lowest BCUT2D eigenvalue weighted by molar-refractivity contribution is 0.363. The van der Waals surface area contributed by atoms with E-state index in [0.29, 0.717) is 28.5 Å². The molecule has 0 radical (unpaired) electrons. The molecular weight excluding hydrogens is 272 g/mol. The highest BCUT2D eigenvalue weighted by Crippen LogP contribution is 2.37. The van der Waals surface area contributed by atoms with Crippen LogP contribution >= 0.6 is 12.0 Å². The summed E-state index contributed by atoms with van der Waals surface area (Å²) in [6.07, 6.45) is 0. The Morgan fingerprint density at radius 3 is 2.20 bits per heavy atom. The normalized spacial score (nSPS) is 11.8. The number of para-hydroxylation sites is 1. The predicted octanol–water partition coefficient (Wildman–Crippen LogP) is 4.37. The molecule has 0 saturated carbocycles. The summed E-state index contributed by atoms with van der Waals surface area (Å²) < 4.78 is 20.5. The monoisotopic (exact) mass is 288 g/mol. The van der Waals surface area contributed by atoms with Gasteiger partial charge < -0.3 is 14.0 Å². The molecule has 4 heteroatoms. The standard InChI is InChI=1S/C16H16O3S/c1-18-14-11-7-6-10-13(14)15(19-2)16(20-17)12-8-4-3-5-9-12/h3-11,17H,1-2H3. The van der Waals surface area contributed by atoms with Gasteiger partial charge in [-0.15, -0.1) is 0 Å². The summed E-state index contributed by atoms with van der Waals surface area (Å²) in [5.74, 6) is 1.29. The average Bonchev–Trinajstić information content (AvgIpc) is 2.53. The first-order valence-electron chi connectivity index (χ1n) is 6.10. The molecular formula is C16H16O3S. The number of hydrogen-bond donors (Lipinski definition) is 1. The van der Waals surface area contributed by atoms with E-state index in [2.05, 4.69) is 0 Å². The minimum absolute atomic E-state index is 0.584. The molecule has 0 spiro atoms. The van der Waals surface area contributed by atoms with Gasteiger partial charge in [-0.05, 0) is 17.7 Å². The van der Waals surface area contributed by atoms with Crippen molar-refractivity contribution in [1.82, 2.24) is 0 Å². The van der Waals surface area contributed by atoms with Gasteiger partial charge in [0.2, 0.25) is 0 Å². The van der Waals surface area contributed by atoms with Crippen molar-refractivity contribution in [2.75, 3.05) is 14.2 Å². The van der Waals surface area contributed by atoms with E-state index < -0.39 is 0 Å². The molecule has 0 aliphatic carbocycles. The summed E-state index contributed by atoms with van der Waals surface area (Å²) in [6, 6.07) is 17.2. The van der Waals surface area contributed by atoms with Gasteiger partial charge in [0, 0.05) is 12.0 Å². The average molecular weight is 288 g/mol. The van der Waals surface area contributed by atoms with Gasteiger partial charge in [0.05, 0.1) is 24.7 Å². The molecule has 3 nitrogen and oxygen atoms in total. The third kappa shape index (κ3) is 2.98. The van der Waals surface area contributed by atoms with Crippen molar-refractivity contribution < 1.29 is 14.0 Å². The van der Waals surface area contributed by atoms with Gasteiger partial charge >= 0.3 is 0 Å². The number of hydrogen-bond acceptors (Lipinski definition) is 4. The first-order chi connectivity index (χ1) is 9.81. The van der Waals surface area contributed by atoms with Crippen LogP contribution < -0.4 is 4.74 Å². The zero-order chi connectivity index (χ0) is 14.4. The van der Waals surface area contributed by atoms with Gasteiger partial charge in [-0.2, -0.15) is 0 Å². The third-order valence-electron chi connectivity index (χ3n) is 2.89. The molecule has 20 heavy (non-hydrogen) atoms.